The van der Waals surface area contributed by atoms with Gasteiger partial charge in [-0.3, -0.25) is 4.79 Å². The molecule has 1 amide bonds. The van der Waals surface area contributed by atoms with E-state index in [-0.39, 0.29) is 11.9 Å². The number of nitrogens with one attached hydrogen (secondary N) is 1. The first kappa shape index (κ1) is 19.6. The fourth-order valence-electron chi connectivity index (χ4n) is 2.79. The van der Waals surface area contributed by atoms with E-state index in [0.717, 1.165) is 28.6 Å². The fourth-order valence-corrected chi connectivity index (χ4v) is 4.35. The van der Waals surface area contributed by atoms with Gasteiger partial charge in [0.1, 0.15) is 6.33 Å². The molecule has 3 rings (SSSR count). The lowest BCUT2D eigenvalue weighted by atomic mass is 10.1. The third-order valence-corrected chi connectivity index (χ3v) is 6.10. The molecule has 0 aliphatic carbocycles. The zero-order valence-corrected chi connectivity index (χ0v) is 17.0. The van der Waals surface area contributed by atoms with E-state index in [9.17, 15) is 4.79 Å². The average Bonchev–Trinajstić information content (AvgIpc) is 3.37. The third kappa shape index (κ3) is 5.68. The molecule has 1 N–H and O–H groups in total. The lowest BCUT2D eigenvalue weighted by Gasteiger charge is -2.18. The Hall–Kier alpha value is -2.12. The Balaban J connectivity index is 1.60. The molecule has 0 saturated heterocycles. The van der Waals surface area contributed by atoms with Crippen LogP contribution in [0.15, 0.2) is 59.3 Å². The number of nitrogens with zero attached hydrogens (tertiary/aromatic N) is 3. The molecule has 0 aliphatic heterocycles. The largest absolute Gasteiger partial charge is 0.344 e. The Kier molecular flexibility index (Phi) is 7.47. The Morgan fingerprint density at radius 3 is 2.81 bits per heavy atom. The Bertz CT molecular complexity index is 818. The highest BCUT2D eigenvalue weighted by atomic mass is 32.2. The lowest BCUT2D eigenvalue weighted by Crippen LogP contribution is -2.30. The van der Waals surface area contributed by atoms with Crippen LogP contribution in [0.25, 0.3) is 0 Å². The van der Waals surface area contributed by atoms with E-state index in [2.05, 4.69) is 28.5 Å². The Morgan fingerprint density at radius 2 is 2.07 bits per heavy atom. The maximum Gasteiger partial charge on any atom is 0.231 e. The number of rotatable bonds is 10. The molecule has 142 valence electrons. The van der Waals surface area contributed by atoms with Gasteiger partial charge in [0.25, 0.3) is 0 Å². The number of thiophene rings is 1. The number of amides is 1. The van der Waals surface area contributed by atoms with E-state index >= 15 is 0 Å². The van der Waals surface area contributed by atoms with Crippen LogP contribution < -0.4 is 5.32 Å². The van der Waals surface area contributed by atoms with Gasteiger partial charge in [0.2, 0.25) is 5.91 Å². The minimum absolute atomic E-state index is 0.00892. The molecule has 0 unspecified atom stereocenters. The number of hydrogen-bond acceptors (Lipinski definition) is 5. The molecular weight excluding hydrogens is 376 g/mol. The molecule has 2 heterocycles. The molecule has 0 bridgehead atoms. The third-order valence-electron chi connectivity index (χ3n) is 4.18. The molecule has 3 aromatic rings. The maximum atomic E-state index is 12.6. The van der Waals surface area contributed by atoms with Gasteiger partial charge in [0.15, 0.2) is 5.16 Å². The normalized spacial score (nSPS) is 12.0. The predicted molar refractivity (Wildman–Crippen MR) is 111 cm³/mol. The molecule has 5 nitrogen and oxygen atoms in total. The van der Waals surface area contributed by atoms with Crippen molar-refractivity contribution in [3.63, 3.8) is 0 Å². The topological polar surface area (TPSA) is 59.8 Å². The lowest BCUT2D eigenvalue weighted by molar-refractivity contribution is -0.119. The van der Waals surface area contributed by atoms with Crippen LogP contribution in [-0.2, 0) is 11.3 Å². The number of aryl methyl sites for hydroxylation is 1. The summed E-state index contributed by atoms with van der Waals surface area (Å²) in [6.45, 7) is 3.08. The highest BCUT2D eigenvalue weighted by molar-refractivity contribution is 7.99. The first-order valence-corrected chi connectivity index (χ1v) is 11.0. The summed E-state index contributed by atoms with van der Waals surface area (Å²) in [7, 11) is 0. The minimum atomic E-state index is -0.123. The molecule has 2 aromatic heterocycles. The summed E-state index contributed by atoms with van der Waals surface area (Å²) in [5.41, 5.74) is 1.08. The Labute approximate surface area is 168 Å². The second-order valence-electron chi connectivity index (χ2n) is 6.23. The predicted octanol–water partition coefficient (Wildman–Crippen LogP) is 4.53. The first-order valence-electron chi connectivity index (χ1n) is 9.16. The molecule has 0 fully saturated rings. The van der Waals surface area contributed by atoms with Crippen LogP contribution in [0, 0.1) is 0 Å². The number of carbonyl (C=O) groups excluding carboxylic acids is 1. The van der Waals surface area contributed by atoms with E-state index in [1.54, 1.807) is 17.7 Å². The molecular formula is C20H24N4OS2. The van der Waals surface area contributed by atoms with Crippen molar-refractivity contribution in [1.82, 2.24) is 20.1 Å². The van der Waals surface area contributed by atoms with E-state index in [1.807, 2.05) is 46.3 Å². The molecule has 1 atom stereocenters. The van der Waals surface area contributed by atoms with Crippen molar-refractivity contribution < 1.29 is 4.79 Å². The number of unbranched alkanes of at least 4 members (excludes halogenated alkanes) is 2. The standard InChI is InChI=1S/C20H24N4OS2/c1-2-3-7-12-24-15-21-23-20(24)27-14-18(25)22-19(17-11-8-13-26-17)16-9-5-4-6-10-16/h4-6,8-11,13,15,19H,2-3,7,12,14H2,1H3,(H,22,25)/t19-/m0/s1. The van der Waals surface area contributed by atoms with Crippen LogP contribution in [0.5, 0.6) is 0 Å². The monoisotopic (exact) mass is 400 g/mol. The molecule has 0 aliphatic rings. The van der Waals surface area contributed by atoms with E-state index < -0.39 is 0 Å². The number of benzene rings is 1. The van der Waals surface area contributed by atoms with Crippen molar-refractivity contribution in [2.24, 2.45) is 0 Å². The van der Waals surface area contributed by atoms with Gasteiger partial charge < -0.3 is 9.88 Å². The second-order valence-corrected chi connectivity index (χ2v) is 8.15. The van der Waals surface area contributed by atoms with Crippen molar-refractivity contribution >= 4 is 29.0 Å². The summed E-state index contributed by atoms with van der Waals surface area (Å²) in [5, 5.41) is 14.1. The molecule has 0 radical (unpaired) electrons. The molecule has 7 heteroatoms. The van der Waals surface area contributed by atoms with Gasteiger partial charge in [-0.1, -0.05) is 67.9 Å². The maximum absolute atomic E-state index is 12.6. The fraction of sp³-hybridized carbons (Fsp3) is 0.350. The van der Waals surface area contributed by atoms with Crippen LogP contribution in [0.3, 0.4) is 0 Å². The SMILES string of the molecule is CCCCCn1cnnc1SCC(=O)N[C@@H](c1ccccc1)c1cccs1. The zero-order chi connectivity index (χ0) is 18.9. The highest BCUT2D eigenvalue weighted by Gasteiger charge is 2.18. The van der Waals surface area contributed by atoms with E-state index in [1.165, 1.54) is 24.6 Å². The van der Waals surface area contributed by atoms with Crippen molar-refractivity contribution in [1.29, 1.82) is 0 Å². The number of hydrogen-bond donors (Lipinski definition) is 1. The van der Waals surface area contributed by atoms with Crippen LogP contribution in [0.2, 0.25) is 0 Å². The summed E-state index contributed by atoms with van der Waals surface area (Å²) >= 11 is 3.08. The van der Waals surface area contributed by atoms with Gasteiger partial charge in [-0.2, -0.15) is 0 Å². The quantitative estimate of drug-likeness (QED) is 0.401. The van der Waals surface area contributed by atoms with E-state index in [4.69, 9.17) is 0 Å². The van der Waals surface area contributed by atoms with Gasteiger partial charge in [0, 0.05) is 11.4 Å². The molecule has 0 saturated carbocycles. The first-order chi connectivity index (χ1) is 13.3. The van der Waals surface area contributed by atoms with Gasteiger partial charge in [-0.15, -0.1) is 21.5 Å². The summed E-state index contributed by atoms with van der Waals surface area (Å²) in [4.78, 5) is 13.7. The van der Waals surface area contributed by atoms with Crippen LogP contribution in [0.1, 0.15) is 42.7 Å². The summed E-state index contributed by atoms with van der Waals surface area (Å²) in [6.07, 6.45) is 5.20. The van der Waals surface area contributed by atoms with Gasteiger partial charge in [0.05, 0.1) is 11.8 Å². The number of carbonyl (C=O) groups is 1. The van der Waals surface area contributed by atoms with Gasteiger partial charge in [-0.25, -0.2) is 0 Å². The zero-order valence-electron chi connectivity index (χ0n) is 15.4. The average molecular weight is 401 g/mol. The molecule has 0 spiro atoms. The Morgan fingerprint density at radius 1 is 1.22 bits per heavy atom. The van der Waals surface area contributed by atoms with Crippen LogP contribution >= 0.6 is 23.1 Å². The van der Waals surface area contributed by atoms with Crippen molar-refractivity contribution in [3.8, 4) is 0 Å². The second kappa shape index (κ2) is 10.3. The summed E-state index contributed by atoms with van der Waals surface area (Å²) in [5.74, 6) is 0.312. The van der Waals surface area contributed by atoms with Crippen molar-refractivity contribution in [2.45, 2.75) is 43.9 Å². The number of thioether (sulfide) groups is 1. The van der Waals surface area contributed by atoms with Gasteiger partial charge >= 0.3 is 0 Å². The summed E-state index contributed by atoms with van der Waals surface area (Å²) < 4.78 is 2.03. The van der Waals surface area contributed by atoms with Crippen LogP contribution in [0.4, 0.5) is 0 Å². The van der Waals surface area contributed by atoms with E-state index in [0.29, 0.717) is 5.75 Å². The smallest absolute Gasteiger partial charge is 0.231 e. The number of aromatic nitrogens is 3. The van der Waals surface area contributed by atoms with Crippen molar-refractivity contribution in [2.75, 3.05) is 5.75 Å². The van der Waals surface area contributed by atoms with Gasteiger partial charge in [-0.05, 0) is 23.4 Å². The molecule has 27 heavy (non-hydrogen) atoms. The summed E-state index contributed by atoms with van der Waals surface area (Å²) in [6, 6.07) is 14.0. The minimum Gasteiger partial charge on any atom is -0.344 e. The van der Waals surface area contributed by atoms with Crippen LogP contribution in [-0.4, -0.2) is 26.4 Å². The molecule has 1 aromatic carbocycles. The highest BCUT2D eigenvalue weighted by Crippen LogP contribution is 2.26. The van der Waals surface area contributed by atoms with Crippen molar-refractivity contribution in [3.05, 3.63) is 64.6 Å².